The number of rotatable bonds is 7. The summed E-state index contributed by atoms with van der Waals surface area (Å²) in [6.45, 7) is 0.920. The number of fused-ring (bicyclic) bond motifs is 1. The van der Waals surface area contributed by atoms with Gasteiger partial charge in [-0.1, -0.05) is 18.2 Å². The first-order chi connectivity index (χ1) is 15.6. The van der Waals surface area contributed by atoms with E-state index in [-0.39, 0.29) is 25.0 Å². The van der Waals surface area contributed by atoms with Crippen molar-refractivity contribution in [3.05, 3.63) is 89.0 Å². The van der Waals surface area contributed by atoms with E-state index in [0.717, 1.165) is 0 Å². The molecule has 4 rings (SSSR count). The maximum absolute atomic E-state index is 13.8. The average Bonchev–Trinajstić information content (AvgIpc) is 2.78. The van der Waals surface area contributed by atoms with Gasteiger partial charge in [-0.15, -0.1) is 0 Å². The molecule has 32 heavy (non-hydrogen) atoms. The van der Waals surface area contributed by atoms with Gasteiger partial charge in [0.05, 0.1) is 6.61 Å². The third kappa shape index (κ3) is 5.73. The molecule has 0 unspecified atom stereocenters. The Hall–Kier alpha value is -3.65. The van der Waals surface area contributed by atoms with Crippen LogP contribution in [0.1, 0.15) is 16.7 Å². The summed E-state index contributed by atoms with van der Waals surface area (Å²) in [6, 6.07) is 15.5. The lowest BCUT2D eigenvalue weighted by Crippen LogP contribution is -2.30. The van der Waals surface area contributed by atoms with Crippen molar-refractivity contribution in [2.45, 2.75) is 19.6 Å². The molecule has 2 N–H and O–H groups in total. The average molecular weight is 440 g/mol. The number of benzene rings is 3. The van der Waals surface area contributed by atoms with Crippen molar-refractivity contribution >= 4 is 11.7 Å². The molecule has 0 spiro atoms. The van der Waals surface area contributed by atoms with Crippen LogP contribution in [-0.2, 0) is 24.4 Å². The van der Waals surface area contributed by atoms with Crippen molar-refractivity contribution in [1.82, 2.24) is 5.32 Å². The van der Waals surface area contributed by atoms with E-state index in [1.165, 1.54) is 24.3 Å². The number of nitrogens with one attached hydrogen (secondary N) is 2. The zero-order valence-electron chi connectivity index (χ0n) is 17.2. The summed E-state index contributed by atoms with van der Waals surface area (Å²) in [5.74, 6) is 0.463. The maximum atomic E-state index is 13.8. The van der Waals surface area contributed by atoms with Crippen LogP contribution in [0.3, 0.4) is 0 Å². The fourth-order valence-corrected chi connectivity index (χ4v) is 3.39. The Morgan fingerprint density at radius 3 is 2.78 bits per heavy atom. The topological polar surface area (TPSA) is 68.8 Å². The summed E-state index contributed by atoms with van der Waals surface area (Å²) in [6.07, 6.45) is 0.407. The molecule has 0 bridgehead atoms. The van der Waals surface area contributed by atoms with Crippen LogP contribution in [0.5, 0.6) is 11.5 Å². The number of hydrogen-bond acceptors (Lipinski definition) is 4. The Morgan fingerprint density at radius 2 is 1.91 bits per heavy atom. The van der Waals surface area contributed by atoms with E-state index in [0.29, 0.717) is 53.4 Å². The molecule has 1 aliphatic heterocycles. The van der Waals surface area contributed by atoms with E-state index in [1.807, 2.05) is 0 Å². The number of urea groups is 1. The van der Waals surface area contributed by atoms with E-state index in [9.17, 15) is 13.6 Å². The molecule has 0 aromatic heterocycles. The standard InChI is InChI=1S/C24H22F2N2O4/c25-19-4-1-3-16(9-19)13-31-22-6-2-5-21(12-22)28-24(29)27-8-7-17-10-20(26)11-18-14-30-15-32-23(17)18/h1-6,9-12H,7-8,13-15H2,(H2,27,28,29). The fraction of sp³-hybridized carbons (Fsp3) is 0.208. The largest absolute Gasteiger partial charge is 0.489 e. The molecule has 166 valence electrons. The number of carbonyl (C=O) groups is 1. The molecule has 2 amide bonds. The second-order valence-corrected chi connectivity index (χ2v) is 7.24. The van der Waals surface area contributed by atoms with Crippen LogP contribution in [0.15, 0.2) is 60.7 Å². The molecule has 3 aromatic rings. The van der Waals surface area contributed by atoms with Gasteiger partial charge in [-0.05, 0) is 53.9 Å². The Labute approximate surface area is 184 Å². The molecule has 8 heteroatoms. The van der Waals surface area contributed by atoms with Crippen LogP contribution in [-0.4, -0.2) is 19.4 Å². The Bertz CT molecular complexity index is 1110. The number of hydrogen-bond donors (Lipinski definition) is 2. The molecule has 0 fully saturated rings. The predicted octanol–water partition coefficient (Wildman–Crippen LogP) is 4.77. The third-order valence-corrected chi connectivity index (χ3v) is 4.82. The van der Waals surface area contributed by atoms with Gasteiger partial charge in [0, 0.05) is 23.9 Å². The van der Waals surface area contributed by atoms with Gasteiger partial charge in [0.1, 0.15) is 29.7 Å². The van der Waals surface area contributed by atoms with Gasteiger partial charge in [0.25, 0.3) is 0 Å². The predicted molar refractivity (Wildman–Crippen MR) is 115 cm³/mol. The quantitative estimate of drug-likeness (QED) is 0.555. The van der Waals surface area contributed by atoms with Crippen molar-refractivity contribution in [3.8, 4) is 11.5 Å². The van der Waals surface area contributed by atoms with Gasteiger partial charge < -0.3 is 24.8 Å². The molecular formula is C24H22F2N2O4. The highest BCUT2D eigenvalue weighted by Gasteiger charge is 2.17. The molecule has 6 nitrogen and oxygen atoms in total. The Morgan fingerprint density at radius 1 is 1.03 bits per heavy atom. The van der Waals surface area contributed by atoms with Crippen molar-refractivity contribution < 1.29 is 27.8 Å². The zero-order valence-corrected chi connectivity index (χ0v) is 17.2. The Kier molecular flexibility index (Phi) is 6.81. The summed E-state index contributed by atoms with van der Waals surface area (Å²) in [7, 11) is 0. The first-order valence-corrected chi connectivity index (χ1v) is 10.1. The highest BCUT2D eigenvalue weighted by molar-refractivity contribution is 5.89. The lowest BCUT2D eigenvalue weighted by atomic mass is 10.1. The summed E-state index contributed by atoms with van der Waals surface area (Å²) in [5, 5.41) is 5.48. The molecule has 1 aliphatic rings. The van der Waals surface area contributed by atoms with Crippen LogP contribution < -0.4 is 20.1 Å². The van der Waals surface area contributed by atoms with Crippen molar-refractivity contribution in [3.63, 3.8) is 0 Å². The Balaban J connectivity index is 1.28. The maximum Gasteiger partial charge on any atom is 0.319 e. The molecule has 0 atom stereocenters. The minimum Gasteiger partial charge on any atom is -0.489 e. The number of halogens is 2. The number of amides is 2. The highest BCUT2D eigenvalue weighted by atomic mass is 19.1. The number of carbonyl (C=O) groups excluding carboxylic acids is 1. The molecular weight excluding hydrogens is 418 g/mol. The number of anilines is 1. The summed E-state index contributed by atoms with van der Waals surface area (Å²) in [4.78, 5) is 12.3. The van der Waals surface area contributed by atoms with Crippen LogP contribution in [0.4, 0.5) is 19.3 Å². The third-order valence-electron chi connectivity index (χ3n) is 4.82. The molecule has 0 saturated heterocycles. The molecule has 0 saturated carbocycles. The minimum atomic E-state index is -0.401. The van der Waals surface area contributed by atoms with Crippen molar-refractivity contribution in [1.29, 1.82) is 0 Å². The summed E-state index contributed by atoms with van der Waals surface area (Å²) < 4.78 is 43.4. The van der Waals surface area contributed by atoms with Crippen LogP contribution in [0.25, 0.3) is 0 Å². The second kappa shape index (κ2) is 10.1. The van der Waals surface area contributed by atoms with Crippen molar-refractivity contribution in [2.24, 2.45) is 0 Å². The molecule has 0 radical (unpaired) electrons. The van der Waals surface area contributed by atoms with Crippen LogP contribution in [0, 0.1) is 11.6 Å². The van der Waals surface area contributed by atoms with E-state index >= 15 is 0 Å². The molecule has 3 aromatic carbocycles. The fourth-order valence-electron chi connectivity index (χ4n) is 3.39. The monoisotopic (exact) mass is 440 g/mol. The normalized spacial score (nSPS) is 12.4. The lowest BCUT2D eigenvalue weighted by molar-refractivity contribution is -0.0172. The van der Waals surface area contributed by atoms with E-state index in [1.54, 1.807) is 36.4 Å². The van der Waals surface area contributed by atoms with E-state index < -0.39 is 6.03 Å². The highest BCUT2D eigenvalue weighted by Crippen LogP contribution is 2.29. The molecule has 1 heterocycles. The summed E-state index contributed by atoms with van der Waals surface area (Å²) in [5.41, 5.74) is 2.58. The second-order valence-electron chi connectivity index (χ2n) is 7.24. The smallest absolute Gasteiger partial charge is 0.319 e. The number of ether oxygens (including phenoxy) is 3. The zero-order chi connectivity index (χ0) is 22.3. The van der Waals surface area contributed by atoms with Gasteiger partial charge in [-0.3, -0.25) is 0 Å². The van der Waals surface area contributed by atoms with Crippen LogP contribution >= 0.6 is 0 Å². The van der Waals surface area contributed by atoms with Crippen LogP contribution in [0.2, 0.25) is 0 Å². The van der Waals surface area contributed by atoms with Crippen molar-refractivity contribution in [2.75, 3.05) is 18.7 Å². The summed E-state index contributed by atoms with van der Waals surface area (Å²) >= 11 is 0. The van der Waals surface area contributed by atoms with Gasteiger partial charge in [0.15, 0.2) is 6.79 Å². The first-order valence-electron chi connectivity index (χ1n) is 10.1. The van der Waals surface area contributed by atoms with Gasteiger partial charge >= 0.3 is 6.03 Å². The first kappa shape index (κ1) is 21.6. The van der Waals surface area contributed by atoms with E-state index in [4.69, 9.17) is 14.2 Å². The SMILES string of the molecule is O=C(NCCc1cc(F)cc2c1OCOC2)Nc1cccc(OCc2cccc(F)c2)c1. The van der Waals surface area contributed by atoms with E-state index in [2.05, 4.69) is 10.6 Å². The van der Waals surface area contributed by atoms with Gasteiger partial charge in [-0.2, -0.15) is 0 Å². The van der Waals surface area contributed by atoms with Gasteiger partial charge in [0.2, 0.25) is 0 Å². The minimum absolute atomic E-state index is 0.122. The lowest BCUT2D eigenvalue weighted by Gasteiger charge is -2.21. The molecule has 0 aliphatic carbocycles. The van der Waals surface area contributed by atoms with Gasteiger partial charge in [-0.25, -0.2) is 13.6 Å².